The third-order valence-corrected chi connectivity index (χ3v) is 4.03. The van der Waals surface area contributed by atoms with Crippen molar-refractivity contribution in [3.63, 3.8) is 0 Å². The lowest BCUT2D eigenvalue weighted by molar-refractivity contribution is 0.101. The highest BCUT2D eigenvalue weighted by atomic mass is 35.5. The van der Waals surface area contributed by atoms with Crippen LogP contribution >= 0.6 is 11.6 Å². The quantitative estimate of drug-likeness (QED) is 0.809. The number of ether oxygens (including phenoxy) is 1. The van der Waals surface area contributed by atoms with Crippen LogP contribution in [-0.4, -0.2) is 64.4 Å². The number of nitrogens with one attached hydrogen (secondary N) is 2. The molecule has 0 aromatic heterocycles. The van der Waals surface area contributed by atoms with E-state index in [4.69, 9.17) is 16.3 Å². The Hall–Kier alpha value is -1.66. The van der Waals surface area contributed by atoms with Crippen LogP contribution in [0.5, 0.6) is 0 Å². The molecular weight excluding hydrogens is 304 g/mol. The van der Waals surface area contributed by atoms with Gasteiger partial charge in [-0.15, -0.1) is 0 Å². The van der Waals surface area contributed by atoms with E-state index in [9.17, 15) is 4.79 Å². The fourth-order valence-electron chi connectivity index (χ4n) is 2.38. The summed E-state index contributed by atoms with van der Waals surface area (Å²) in [6, 6.07) is 5.93. The largest absolute Gasteiger partial charge is 0.448 e. The highest BCUT2D eigenvalue weighted by Gasteiger charge is 2.22. The number of benzene rings is 1. The van der Waals surface area contributed by atoms with Gasteiger partial charge in [-0.25, -0.2) is 4.79 Å². The van der Waals surface area contributed by atoms with Crippen molar-refractivity contribution >= 4 is 29.1 Å². The fraction of sp³-hybridized carbons (Fsp3) is 0.533. The average Bonchev–Trinajstić information content (AvgIpc) is 2.55. The summed E-state index contributed by atoms with van der Waals surface area (Å²) in [7, 11) is 3.68. The monoisotopic (exact) mass is 326 g/mol. The summed E-state index contributed by atoms with van der Waals surface area (Å²) in [6.45, 7) is 3.96. The number of likely N-dealkylation sites (N-methyl/N-ethyl adjacent to an activating group) is 1. The van der Waals surface area contributed by atoms with E-state index in [-0.39, 0.29) is 6.09 Å². The van der Waals surface area contributed by atoms with Gasteiger partial charge in [0.15, 0.2) is 0 Å². The van der Waals surface area contributed by atoms with Crippen molar-refractivity contribution in [1.29, 1.82) is 0 Å². The first-order valence-electron chi connectivity index (χ1n) is 7.44. The molecule has 1 aromatic rings. The van der Waals surface area contributed by atoms with Crippen molar-refractivity contribution in [2.45, 2.75) is 0 Å². The Morgan fingerprint density at radius 3 is 2.64 bits per heavy atom. The average molecular weight is 327 g/mol. The van der Waals surface area contributed by atoms with Crippen molar-refractivity contribution in [2.75, 3.05) is 63.6 Å². The summed E-state index contributed by atoms with van der Waals surface area (Å²) in [6.07, 6.45) is -0.234. The van der Waals surface area contributed by atoms with Crippen molar-refractivity contribution in [3.8, 4) is 0 Å². The van der Waals surface area contributed by atoms with Crippen LogP contribution in [0.1, 0.15) is 0 Å². The summed E-state index contributed by atoms with van der Waals surface area (Å²) in [5, 5.41) is 6.74. The predicted molar refractivity (Wildman–Crippen MR) is 90.1 cm³/mol. The molecule has 2 rings (SSSR count). The molecule has 0 bridgehead atoms. The number of hydrogen-bond acceptors (Lipinski definition) is 5. The molecule has 7 heteroatoms. The van der Waals surface area contributed by atoms with Crippen LogP contribution < -0.4 is 15.5 Å². The van der Waals surface area contributed by atoms with Crippen molar-refractivity contribution in [1.82, 2.24) is 10.2 Å². The molecule has 0 aliphatic carbocycles. The molecular formula is C15H23ClN4O2. The van der Waals surface area contributed by atoms with Crippen LogP contribution in [0.15, 0.2) is 18.2 Å². The van der Waals surface area contributed by atoms with E-state index >= 15 is 0 Å². The molecule has 1 fully saturated rings. The van der Waals surface area contributed by atoms with E-state index in [1.807, 2.05) is 32.3 Å². The number of halogens is 1. The van der Waals surface area contributed by atoms with Gasteiger partial charge in [0.25, 0.3) is 0 Å². The summed E-state index contributed by atoms with van der Waals surface area (Å²) in [5.41, 5.74) is 2.02. The van der Waals surface area contributed by atoms with Crippen LogP contribution in [0.25, 0.3) is 0 Å². The molecule has 0 unspecified atom stereocenters. The number of nitrogens with zero attached hydrogens (tertiary/aromatic N) is 2. The number of carbonyl (C=O) groups is 1. The molecule has 6 nitrogen and oxygen atoms in total. The van der Waals surface area contributed by atoms with E-state index in [0.29, 0.717) is 31.3 Å². The highest BCUT2D eigenvalue weighted by molar-refractivity contribution is 6.33. The van der Waals surface area contributed by atoms with Crippen LogP contribution in [0.3, 0.4) is 0 Å². The Morgan fingerprint density at radius 1 is 1.27 bits per heavy atom. The number of hydrogen-bond donors (Lipinski definition) is 2. The normalized spacial score (nSPS) is 14.9. The minimum atomic E-state index is -0.234. The van der Waals surface area contributed by atoms with Crippen molar-refractivity contribution < 1.29 is 9.53 Å². The number of anilines is 2. The van der Waals surface area contributed by atoms with Gasteiger partial charge in [0.05, 0.1) is 10.7 Å². The van der Waals surface area contributed by atoms with Gasteiger partial charge in [0.2, 0.25) is 0 Å². The number of carbonyl (C=O) groups excluding carboxylic acids is 1. The number of rotatable bonds is 5. The van der Waals surface area contributed by atoms with Crippen molar-refractivity contribution in [3.05, 3.63) is 23.2 Å². The molecule has 1 aliphatic heterocycles. The Balaban J connectivity index is 1.88. The van der Waals surface area contributed by atoms with Gasteiger partial charge in [-0.2, -0.15) is 0 Å². The Bertz CT molecular complexity index is 504. The van der Waals surface area contributed by atoms with E-state index in [0.717, 1.165) is 24.5 Å². The highest BCUT2D eigenvalue weighted by Crippen LogP contribution is 2.27. The molecule has 22 heavy (non-hydrogen) atoms. The maximum atomic E-state index is 11.9. The second-order valence-corrected chi connectivity index (χ2v) is 5.51. The van der Waals surface area contributed by atoms with Crippen LogP contribution in [0.4, 0.5) is 16.2 Å². The van der Waals surface area contributed by atoms with E-state index in [1.54, 1.807) is 4.90 Å². The van der Waals surface area contributed by atoms with Gasteiger partial charge in [0.1, 0.15) is 6.61 Å². The fourth-order valence-corrected chi connectivity index (χ4v) is 2.59. The molecule has 0 radical (unpaired) electrons. The van der Waals surface area contributed by atoms with E-state index in [1.165, 1.54) is 0 Å². The lowest BCUT2D eigenvalue weighted by atomic mass is 10.2. The van der Waals surface area contributed by atoms with Crippen LogP contribution in [0.2, 0.25) is 5.02 Å². The molecule has 2 N–H and O–H groups in total. The summed E-state index contributed by atoms with van der Waals surface area (Å²) in [5.74, 6) is 0. The third kappa shape index (κ3) is 4.18. The van der Waals surface area contributed by atoms with Crippen LogP contribution in [-0.2, 0) is 4.74 Å². The minimum Gasteiger partial charge on any atom is -0.448 e. The Kier molecular flexibility index (Phi) is 6.15. The van der Waals surface area contributed by atoms with Crippen LogP contribution in [0, 0.1) is 0 Å². The number of amides is 1. The molecule has 0 saturated carbocycles. The van der Waals surface area contributed by atoms with Gasteiger partial charge >= 0.3 is 6.09 Å². The maximum Gasteiger partial charge on any atom is 0.409 e. The smallest absolute Gasteiger partial charge is 0.409 e. The summed E-state index contributed by atoms with van der Waals surface area (Å²) < 4.78 is 5.19. The summed E-state index contributed by atoms with van der Waals surface area (Å²) >= 11 is 6.10. The SMILES string of the molecule is CNCCOC(=O)N1CCN(c2ccc(Cl)c(NC)c2)CC1. The van der Waals surface area contributed by atoms with Gasteiger partial charge in [-0.3, -0.25) is 0 Å². The second kappa shape index (κ2) is 8.10. The standard InChI is InChI=1S/C15H23ClN4O2/c1-17-5-10-22-15(21)20-8-6-19(7-9-20)12-3-4-13(16)14(11-12)18-2/h3-4,11,17-18H,5-10H2,1-2H3. The van der Waals surface area contributed by atoms with Gasteiger partial charge < -0.3 is 25.2 Å². The minimum absolute atomic E-state index is 0.234. The zero-order chi connectivity index (χ0) is 15.9. The van der Waals surface area contributed by atoms with Gasteiger partial charge in [0, 0.05) is 45.5 Å². The Labute approximate surface area is 136 Å². The molecule has 1 aliphatic rings. The first-order valence-corrected chi connectivity index (χ1v) is 7.82. The molecule has 0 spiro atoms. The topological polar surface area (TPSA) is 56.8 Å². The lowest BCUT2D eigenvalue weighted by Crippen LogP contribution is -2.49. The van der Waals surface area contributed by atoms with E-state index in [2.05, 4.69) is 15.5 Å². The molecule has 1 heterocycles. The molecule has 122 valence electrons. The molecule has 1 amide bonds. The zero-order valence-electron chi connectivity index (χ0n) is 13.1. The van der Waals surface area contributed by atoms with E-state index < -0.39 is 0 Å². The first-order chi connectivity index (χ1) is 10.7. The third-order valence-electron chi connectivity index (χ3n) is 3.70. The molecule has 1 saturated heterocycles. The van der Waals surface area contributed by atoms with Gasteiger partial charge in [-0.1, -0.05) is 11.6 Å². The maximum absolute atomic E-state index is 11.9. The van der Waals surface area contributed by atoms with Crippen molar-refractivity contribution in [2.24, 2.45) is 0 Å². The first kappa shape index (κ1) is 16.7. The zero-order valence-corrected chi connectivity index (χ0v) is 13.8. The lowest BCUT2D eigenvalue weighted by Gasteiger charge is -2.35. The Morgan fingerprint density at radius 2 is 2.00 bits per heavy atom. The molecule has 1 aromatic carbocycles. The second-order valence-electron chi connectivity index (χ2n) is 5.11. The number of piperazine rings is 1. The summed E-state index contributed by atoms with van der Waals surface area (Å²) in [4.78, 5) is 15.9. The molecule has 0 atom stereocenters. The van der Waals surface area contributed by atoms with Gasteiger partial charge in [-0.05, 0) is 25.2 Å². The predicted octanol–water partition coefficient (Wildman–Crippen LogP) is 1.86.